The highest BCUT2D eigenvalue weighted by molar-refractivity contribution is 6.19. The Balaban J connectivity index is 2.32. The second-order valence-corrected chi connectivity index (χ2v) is 4.78. The van der Waals surface area contributed by atoms with E-state index in [1.165, 1.54) is 17.7 Å². The fourth-order valence-corrected chi connectivity index (χ4v) is 2.46. The Morgan fingerprint density at radius 1 is 1.67 bits per heavy atom. The maximum atomic E-state index is 12.1. The summed E-state index contributed by atoms with van der Waals surface area (Å²) in [6.45, 7) is 3.55. The zero-order chi connectivity index (χ0) is 13.1. The van der Waals surface area contributed by atoms with E-state index in [1.807, 2.05) is 4.57 Å². The summed E-state index contributed by atoms with van der Waals surface area (Å²) in [6, 6.07) is 0.520. The largest absolute Gasteiger partial charge is 0.327 e. The van der Waals surface area contributed by atoms with Crippen molar-refractivity contribution in [3.05, 3.63) is 12.0 Å². The van der Waals surface area contributed by atoms with Crippen molar-refractivity contribution in [2.45, 2.75) is 31.7 Å². The molecule has 6 heteroatoms. The molecule has 98 valence electrons. The molecule has 0 atom stereocenters. The quantitative estimate of drug-likeness (QED) is 0.479. The molecular formula is C12H17ClN4O. The Kier molecular flexibility index (Phi) is 4.01. The molecule has 0 spiro atoms. The molecule has 2 rings (SSSR count). The van der Waals surface area contributed by atoms with E-state index in [2.05, 4.69) is 16.7 Å². The van der Waals surface area contributed by atoms with E-state index in [9.17, 15) is 4.79 Å². The Bertz CT molecular complexity index is 451. The topological polar surface area (TPSA) is 50.5 Å². The van der Waals surface area contributed by atoms with Crippen LogP contribution in [0.15, 0.2) is 11.3 Å². The van der Waals surface area contributed by atoms with Gasteiger partial charge in [-0.25, -0.2) is 9.98 Å². The molecule has 0 aliphatic heterocycles. The van der Waals surface area contributed by atoms with Gasteiger partial charge in [-0.2, -0.15) is 0 Å². The first-order valence-corrected chi connectivity index (χ1v) is 6.57. The molecule has 5 nitrogen and oxygen atoms in total. The maximum Gasteiger partial charge on any atom is 0.277 e. The molecule has 0 radical (unpaired) electrons. The third kappa shape index (κ3) is 2.27. The minimum Gasteiger partial charge on any atom is -0.327 e. The molecule has 1 heterocycles. The molecular weight excluding hydrogens is 252 g/mol. The van der Waals surface area contributed by atoms with Crippen LogP contribution in [-0.2, 0) is 0 Å². The molecule has 18 heavy (non-hydrogen) atoms. The Morgan fingerprint density at radius 2 is 2.33 bits per heavy atom. The number of nitrogens with zero attached hydrogens (tertiary/aromatic N) is 4. The smallest absolute Gasteiger partial charge is 0.277 e. The number of carbonyl (C=O) groups excluding carboxylic acids is 1. The monoisotopic (exact) mass is 268 g/mol. The van der Waals surface area contributed by atoms with Crippen LogP contribution in [0.5, 0.6) is 0 Å². The number of hydrogen-bond donors (Lipinski definition) is 0. The van der Waals surface area contributed by atoms with Crippen molar-refractivity contribution in [1.29, 1.82) is 0 Å². The fourth-order valence-electron chi connectivity index (χ4n) is 2.35. The minimum absolute atomic E-state index is 0.131. The van der Waals surface area contributed by atoms with Crippen LogP contribution < -0.4 is 0 Å². The van der Waals surface area contributed by atoms with Gasteiger partial charge in [0, 0.05) is 13.1 Å². The molecule has 1 aliphatic rings. The van der Waals surface area contributed by atoms with Gasteiger partial charge in [0.2, 0.25) is 0 Å². The first-order chi connectivity index (χ1) is 8.69. The standard InChI is InChI=1S/C12H17ClN4O/c1-14-11-10(12(18)16(2)7-13)15-8-17(11)9-5-3-4-6-9/h8-9H,1,3-7H2,2H3. The molecule has 1 aliphatic carbocycles. The lowest BCUT2D eigenvalue weighted by Gasteiger charge is -2.14. The Morgan fingerprint density at radius 3 is 2.89 bits per heavy atom. The van der Waals surface area contributed by atoms with Gasteiger partial charge in [-0.15, -0.1) is 11.6 Å². The van der Waals surface area contributed by atoms with Crippen LogP contribution in [-0.4, -0.2) is 40.1 Å². The van der Waals surface area contributed by atoms with Crippen LogP contribution in [0.1, 0.15) is 42.2 Å². The van der Waals surface area contributed by atoms with Gasteiger partial charge in [0.05, 0.1) is 12.3 Å². The molecule has 1 aromatic heterocycles. The Labute approximate surface area is 111 Å². The fraction of sp³-hybridized carbons (Fsp3) is 0.583. The molecule has 1 amide bonds. The number of imidazole rings is 1. The van der Waals surface area contributed by atoms with Crippen LogP contribution in [0, 0.1) is 0 Å². The first-order valence-electron chi connectivity index (χ1n) is 6.04. The summed E-state index contributed by atoms with van der Waals surface area (Å²) in [5, 5.41) is 0. The molecule has 0 N–H and O–H groups in total. The second-order valence-electron chi connectivity index (χ2n) is 4.54. The predicted molar refractivity (Wildman–Crippen MR) is 71.8 cm³/mol. The number of aromatic nitrogens is 2. The SMILES string of the molecule is C=Nc1c(C(=O)N(C)CCl)ncn1C1CCCC1. The summed E-state index contributed by atoms with van der Waals surface area (Å²) in [7, 11) is 1.64. The molecule has 1 aromatic rings. The van der Waals surface area contributed by atoms with Crippen LogP contribution >= 0.6 is 11.6 Å². The summed E-state index contributed by atoms with van der Waals surface area (Å²) in [6.07, 6.45) is 6.33. The van der Waals surface area contributed by atoms with E-state index >= 15 is 0 Å². The second kappa shape index (κ2) is 5.52. The van der Waals surface area contributed by atoms with Crippen molar-refractivity contribution in [2.75, 3.05) is 13.1 Å². The molecule has 0 aromatic carbocycles. The zero-order valence-electron chi connectivity index (χ0n) is 10.5. The number of hydrogen-bond acceptors (Lipinski definition) is 3. The highest BCUT2D eigenvalue weighted by Crippen LogP contribution is 2.34. The van der Waals surface area contributed by atoms with Crippen molar-refractivity contribution in [3.8, 4) is 0 Å². The van der Waals surface area contributed by atoms with Gasteiger partial charge in [0.25, 0.3) is 5.91 Å². The van der Waals surface area contributed by atoms with Gasteiger partial charge >= 0.3 is 0 Å². The Hall–Kier alpha value is -1.36. The molecule has 0 unspecified atom stereocenters. The van der Waals surface area contributed by atoms with Crippen molar-refractivity contribution in [1.82, 2.24) is 14.5 Å². The van der Waals surface area contributed by atoms with Crippen LogP contribution in [0.25, 0.3) is 0 Å². The number of rotatable bonds is 4. The van der Waals surface area contributed by atoms with E-state index in [1.54, 1.807) is 13.4 Å². The van der Waals surface area contributed by atoms with Crippen molar-refractivity contribution in [2.24, 2.45) is 4.99 Å². The summed E-state index contributed by atoms with van der Waals surface area (Å²) in [5.74, 6) is 0.341. The van der Waals surface area contributed by atoms with Crippen molar-refractivity contribution in [3.63, 3.8) is 0 Å². The highest BCUT2D eigenvalue weighted by Gasteiger charge is 2.25. The lowest BCUT2D eigenvalue weighted by atomic mass is 10.2. The third-order valence-corrected chi connectivity index (χ3v) is 3.72. The van der Waals surface area contributed by atoms with Crippen LogP contribution in [0.2, 0.25) is 0 Å². The zero-order valence-corrected chi connectivity index (χ0v) is 11.2. The average molecular weight is 269 g/mol. The summed E-state index contributed by atoms with van der Waals surface area (Å²) < 4.78 is 1.97. The minimum atomic E-state index is -0.218. The van der Waals surface area contributed by atoms with E-state index in [0.717, 1.165) is 12.8 Å². The summed E-state index contributed by atoms with van der Waals surface area (Å²) in [4.78, 5) is 21.6. The number of aliphatic imine (C=N–C) groups is 1. The van der Waals surface area contributed by atoms with Gasteiger partial charge in [-0.3, -0.25) is 4.79 Å². The van der Waals surface area contributed by atoms with Gasteiger partial charge in [-0.1, -0.05) is 12.8 Å². The van der Waals surface area contributed by atoms with E-state index in [4.69, 9.17) is 11.6 Å². The predicted octanol–water partition coefficient (Wildman–Crippen LogP) is 2.60. The lowest BCUT2D eigenvalue weighted by Crippen LogP contribution is -2.25. The third-order valence-electron chi connectivity index (χ3n) is 3.36. The van der Waals surface area contributed by atoms with Gasteiger partial charge < -0.3 is 9.47 Å². The number of alkyl halides is 1. The molecule has 1 saturated carbocycles. The average Bonchev–Trinajstić information content (AvgIpc) is 3.04. The van der Waals surface area contributed by atoms with Gasteiger partial charge in [0.1, 0.15) is 0 Å². The van der Waals surface area contributed by atoms with Crippen LogP contribution in [0.4, 0.5) is 5.82 Å². The molecule has 0 saturated heterocycles. The van der Waals surface area contributed by atoms with Crippen LogP contribution in [0.3, 0.4) is 0 Å². The lowest BCUT2D eigenvalue weighted by molar-refractivity contribution is 0.0814. The van der Waals surface area contributed by atoms with Gasteiger partial charge in [0.15, 0.2) is 11.5 Å². The van der Waals surface area contributed by atoms with E-state index in [-0.39, 0.29) is 11.9 Å². The number of carbonyl (C=O) groups is 1. The summed E-state index contributed by atoms with van der Waals surface area (Å²) >= 11 is 5.65. The van der Waals surface area contributed by atoms with Crippen molar-refractivity contribution < 1.29 is 4.79 Å². The molecule has 1 fully saturated rings. The van der Waals surface area contributed by atoms with Crippen molar-refractivity contribution >= 4 is 30.0 Å². The van der Waals surface area contributed by atoms with E-state index < -0.39 is 0 Å². The van der Waals surface area contributed by atoms with E-state index in [0.29, 0.717) is 17.6 Å². The highest BCUT2D eigenvalue weighted by atomic mass is 35.5. The molecule has 0 bridgehead atoms. The first kappa shape index (κ1) is 13.1. The summed E-state index contributed by atoms with van der Waals surface area (Å²) in [5.41, 5.74) is 0.333. The number of halogens is 1. The maximum absolute atomic E-state index is 12.1. The number of amides is 1. The van der Waals surface area contributed by atoms with Gasteiger partial charge in [-0.05, 0) is 19.6 Å². The normalized spacial score (nSPS) is 15.9.